The smallest absolute Gasteiger partial charge is 0.316 e. The van der Waals surface area contributed by atoms with Gasteiger partial charge in [-0.15, -0.1) is 0 Å². The molecule has 1 aliphatic rings. The van der Waals surface area contributed by atoms with Crippen molar-refractivity contribution in [2.45, 2.75) is 52.6 Å². The zero-order valence-electron chi connectivity index (χ0n) is 17.2. The minimum atomic E-state index is -0.773. The van der Waals surface area contributed by atoms with Gasteiger partial charge < -0.3 is 19.6 Å². The molecule has 0 aromatic carbocycles. The summed E-state index contributed by atoms with van der Waals surface area (Å²) in [5.74, 6) is -1.36. The fraction of sp³-hybridized carbons (Fsp3) is 0.900. The Balaban J connectivity index is 2.70. The number of aliphatic hydroxyl groups is 1. The van der Waals surface area contributed by atoms with Crippen molar-refractivity contribution >= 4 is 11.8 Å². The Kier molecular flexibility index (Phi) is 10.4. The van der Waals surface area contributed by atoms with E-state index < -0.39 is 18.0 Å². The Hall–Kier alpha value is -0.980. The monoisotopic (exact) mass is 370 g/mol. The van der Waals surface area contributed by atoms with Crippen LogP contribution in [-0.2, 0) is 14.3 Å². The molecule has 0 bridgehead atoms. The minimum absolute atomic E-state index is 0.145. The standard InChI is InChI=1S/C20H38N2O4/c1-15-12-18(23)13-16(2)19(24)17(3)20(25)26-11-10-21(4)8-6-7-9-22(5)14-15/h15-18,23H,6-14H2,1-5H3/t15-,16-,17?,18-/m1/s1. The molecule has 0 aromatic rings. The number of ether oxygens (including phenoxy) is 1. The van der Waals surface area contributed by atoms with Gasteiger partial charge in [0.2, 0.25) is 0 Å². The first-order valence-electron chi connectivity index (χ1n) is 9.96. The van der Waals surface area contributed by atoms with Crippen LogP contribution in [0, 0.1) is 17.8 Å². The van der Waals surface area contributed by atoms with Gasteiger partial charge >= 0.3 is 5.97 Å². The van der Waals surface area contributed by atoms with Crippen LogP contribution < -0.4 is 0 Å². The lowest BCUT2D eigenvalue weighted by atomic mass is 9.88. The number of Topliss-reactive ketones (excluding diaryl/α,β-unsaturated/α-hetero) is 1. The highest BCUT2D eigenvalue weighted by Crippen LogP contribution is 2.19. The number of carbonyl (C=O) groups excluding carboxylic acids is 2. The Morgan fingerprint density at radius 3 is 2.23 bits per heavy atom. The number of likely N-dealkylation sites (N-methyl/N-ethyl adjacent to an activating group) is 1. The fourth-order valence-corrected chi connectivity index (χ4v) is 3.63. The van der Waals surface area contributed by atoms with Gasteiger partial charge in [0, 0.05) is 19.0 Å². The summed E-state index contributed by atoms with van der Waals surface area (Å²) in [5.41, 5.74) is 0. The molecule has 1 N–H and O–H groups in total. The Bertz CT molecular complexity index is 444. The van der Waals surface area contributed by atoms with Crippen molar-refractivity contribution in [3.63, 3.8) is 0 Å². The molecule has 1 aliphatic heterocycles. The highest BCUT2D eigenvalue weighted by atomic mass is 16.5. The van der Waals surface area contributed by atoms with E-state index in [0.717, 1.165) is 32.5 Å². The van der Waals surface area contributed by atoms with Crippen LogP contribution in [0.3, 0.4) is 0 Å². The maximum Gasteiger partial charge on any atom is 0.316 e. The fourth-order valence-electron chi connectivity index (χ4n) is 3.63. The first-order chi connectivity index (χ1) is 12.2. The summed E-state index contributed by atoms with van der Waals surface area (Å²) in [6.45, 7) is 9.46. The van der Waals surface area contributed by atoms with Crippen LogP contribution in [0.15, 0.2) is 0 Å². The molecule has 0 amide bonds. The molecule has 1 unspecified atom stereocenters. The number of carbonyl (C=O) groups is 2. The number of hydrogen-bond donors (Lipinski definition) is 1. The number of ketones is 1. The highest BCUT2D eigenvalue weighted by molar-refractivity contribution is 5.99. The summed E-state index contributed by atoms with van der Waals surface area (Å²) in [5, 5.41) is 10.3. The summed E-state index contributed by atoms with van der Waals surface area (Å²) in [4.78, 5) is 29.0. The molecule has 0 radical (unpaired) electrons. The van der Waals surface area contributed by atoms with Gasteiger partial charge in [0.15, 0.2) is 0 Å². The summed E-state index contributed by atoms with van der Waals surface area (Å²) >= 11 is 0. The van der Waals surface area contributed by atoms with E-state index in [-0.39, 0.29) is 11.7 Å². The Morgan fingerprint density at radius 2 is 1.58 bits per heavy atom. The van der Waals surface area contributed by atoms with Crippen LogP contribution in [0.1, 0.15) is 46.5 Å². The molecule has 1 fully saturated rings. The van der Waals surface area contributed by atoms with Gasteiger partial charge in [-0.3, -0.25) is 9.59 Å². The number of hydrogen-bond acceptors (Lipinski definition) is 6. The average Bonchev–Trinajstić information content (AvgIpc) is 2.56. The van der Waals surface area contributed by atoms with Gasteiger partial charge in [-0.2, -0.15) is 0 Å². The Morgan fingerprint density at radius 1 is 0.962 bits per heavy atom. The van der Waals surface area contributed by atoms with E-state index in [1.807, 2.05) is 7.05 Å². The number of esters is 1. The van der Waals surface area contributed by atoms with E-state index in [4.69, 9.17) is 4.74 Å². The Labute approximate surface area is 158 Å². The molecular weight excluding hydrogens is 332 g/mol. The molecule has 1 saturated heterocycles. The van der Waals surface area contributed by atoms with E-state index in [9.17, 15) is 14.7 Å². The van der Waals surface area contributed by atoms with Gasteiger partial charge in [-0.1, -0.05) is 13.8 Å². The summed E-state index contributed by atoms with van der Waals surface area (Å²) in [6, 6.07) is 0. The number of cyclic esters (lactones) is 1. The van der Waals surface area contributed by atoms with Gasteiger partial charge in [-0.05, 0) is 65.7 Å². The molecule has 6 heteroatoms. The van der Waals surface area contributed by atoms with Crippen LogP contribution in [0.25, 0.3) is 0 Å². The summed E-state index contributed by atoms with van der Waals surface area (Å²) in [7, 11) is 4.15. The van der Waals surface area contributed by atoms with Gasteiger partial charge in [0.25, 0.3) is 0 Å². The molecule has 0 aliphatic carbocycles. The summed E-state index contributed by atoms with van der Waals surface area (Å²) < 4.78 is 5.28. The quantitative estimate of drug-likeness (QED) is 0.518. The normalized spacial score (nSPS) is 33.3. The lowest BCUT2D eigenvalue weighted by Gasteiger charge is -2.25. The maximum absolute atomic E-state index is 12.5. The van der Waals surface area contributed by atoms with Crippen molar-refractivity contribution in [2.24, 2.45) is 17.8 Å². The highest BCUT2D eigenvalue weighted by Gasteiger charge is 2.29. The lowest BCUT2D eigenvalue weighted by Crippen LogP contribution is -2.33. The third-order valence-electron chi connectivity index (χ3n) is 5.24. The number of nitrogens with zero attached hydrogens (tertiary/aromatic N) is 2. The molecule has 152 valence electrons. The van der Waals surface area contributed by atoms with Crippen LogP contribution >= 0.6 is 0 Å². The topological polar surface area (TPSA) is 70.1 Å². The van der Waals surface area contributed by atoms with E-state index in [1.54, 1.807) is 13.8 Å². The second kappa shape index (κ2) is 11.7. The van der Waals surface area contributed by atoms with Crippen LogP contribution in [0.2, 0.25) is 0 Å². The SMILES string of the molecule is CC1C(=O)OCCN(C)CCCCN(C)C[C@H](C)C[C@@H](O)C[C@@H](C)C1=O. The number of rotatable bonds is 0. The van der Waals surface area contributed by atoms with E-state index >= 15 is 0 Å². The minimum Gasteiger partial charge on any atom is -0.464 e. The second-order valence-corrected chi connectivity index (χ2v) is 8.20. The third-order valence-corrected chi connectivity index (χ3v) is 5.24. The number of aliphatic hydroxyl groups excluding tert-OH is 1. The van der Waals surface area contributed by atoms with Crippen molar-refractivity contribution in [3.05, 3.63) is 0 Å². The third kappa shape index (κ3) is 8.60. The van der Waals surface area contributed by atoms with Crippen molar-refractivity contribution in [1.29, 1.82) is 0 Å². The van der Waals surface area contributed by atoms with Crippen LogP contribution in [0.4, 0.5) is 0 Å². The van der Waals surface area contributed by atoms with Crippen molar-refractivity contribution in [1.82, 2.24) is 9.80 Å². The zero-order chi connectivity index (χ0) is 19.7. The van der Waals surface area contributed by atoms with Crippen molar-refractivity contribution in [3.8, 4) is 0 Å². The van der Waals surface area contributed by atoms with E-state index in [1.165, 1.54) is 0 Å². The van der Waals surface area contributed by atoms with Gasteiger partial charge in [-0.25, -0.2) is 0 Å². The molecule has 1 rings (SSSR count). The zero-order valence-corrected chi connectivity index (χ0v) is 17.2. The molecule has 0 spiro atoms. The molecule has 26 heavy (non-hydrogen) atoms. The summed E-state index contributed by atoms with van der Waals surface area (Å²) in [6.07, 6.45) is 2.76. The lowest BCUT2D eigenvalue weighted by molar-refractivity contribution is -0.152. The second-order valence-electron chi connectivity index (χ2n) is 8.20. The predicted molar refractivity (Wildman–Crippen MR) is 103 cm³/mol. The molecule has 1 heterocycles. The van der Waals surface area contributed by atoms with Gasteiger partial charge in [0.1, 0.15) is 18.3 Å². The van der Waals surface area contributed by atoms with E-state index in [0.29, 0.717) is 31.9 Å². The predicted octanol–water partition coefficient (Wildman–Crippen LogP) is 1.81. The van der Waals surface area contributed by atoms with Crippen molar-refractivity contribution < 1.29 is 19.4 Å². The average molecular weight is 371 g/mol. The molecule has 4 atom stereocenters. The first-order valence-corrected chi connectivity index (χ1v) is 9.96. The van der Waals surface area contributed by atoms with Gasteiger partial charge in [0.05, 0.1) is 6.10 Å². The van der Waals surface area contributed by atoms with E-state index in [2.05, 4.69) is 23.8 Å². The molecule has 0 saturated carbocycles. The first kappa shape index (κ1) is 23.1. The molecule has 0 aromatic heterocycles. The molecule has 6 nitrogen and oxygen atoms in total. The molecular formula is C20H38N2O4. The van der Waals surface area contributed by atoms with Crippen LogP contribution in [0.5, 0.6) is 0 Å². The largest absolute Gasteiger partial charge is 0.464 e. The van der Waals surface area contributed by atoms with Crippen molar-refractivity contribution in [2.75, 3.05) is 46.9 Å². The van der Waals surface area contributed by atoms with Crippen LogP contribution in [-0.4, -0.2) is 79.6 Å². The maximum atomic E-state index is 12.5.